The molecule has 0 bridgehead atoms. The minimum Gasteiger partial charge on any atom is -0.368 e. The lowest BCUT2D eigenvalue weighted by molar-refractivity contribution is -0.139. The SMILES string of the molecule is C[C@@H](NC(=O)C1CC(=O)C1)C(N)=O. The lowest BCUT2D eigenvalue weighted by Gasteiger charge is -2.24. The lowest BCUT2D eigenvalue weighted by atomic mass is 9.83. The molecule has 1 atom stereocenters. The summed E-state index contributed by atoms with van der Waals surface area (Å²) >= 11 is 0. The molecule has 13 heavy (non-hydrogen) atoms. The molecule has 1 aliphatic rings. The van der Waals surface area contributed by atoms with Crippen molar-refractivity contribution in [2.45, 2.75) is 25.8 Å². The number of hydrogen-bond donors (Lipinski definition) is 2. The second-order valence-corrected chi connectivity index (χ2v) is 3.28. The Kier molecular flexibility index (Phi) is 2.65. The fraction of sp³-hybridized carbons (Fsp3) is 0.625. The number of carbonyl (C=O) groups excluding carboxylic acids is 3. The van der Waals surface area contributed by atoms with E-state index < -0.39 is 11.9 Å². The van der Waals surface area contributed by atoms with Gasteiger partial charge in [0.1, 0.15) is 11.8 Å². The van der Waals surface area contributed by atoms with Gasteiger partial charge in [-0.25, -0.2) is 0 Å². The molecule has 2 amide bonds. The first-order valence-corrected chi connectivity index (χ1v) is 4.12. The molecule has 0 spiro atoms. The maximum atomic E-state index is 11.2. The van der Waals surface area contributed by atoms with E-state index in [1.165, 1.54) is 6.92 Å². The Morgan fingerprint density at radius 2 is 2.08 bits per heavy atom. The number of rotatable bonds is 3. The Bertz CT molecular complexity index is 254. The van der Waals surface area contributed by atoms with Crippen LogP contribution in [0.1, 0.15) is 19.8 Å². The fourth-order valence-electron chi connectivity index (χ4n) is 1.08. The highest BCUT2D eigenvalue weighted by Crippen LogP contribution is 2.22. The number of nitrogens with two attached hydrogens (primary N) is 1. The van der Waals surface area contributed by atoms with Crippen LogP contribution < -0.4 is 11.1 Å². The van der Waals surface area contributed by atoms with E-state index in [0.29, 0.717) is 0 Å². The summed E-state index contributed by atoms with van der Waals surface area (Å²) in [7, 11) is 0. The van der Waals surface area contributed by atoms with Crippen molar-refractivity contribution in [1.82, 2.24) is 5.32 Å². The first-order valence-electron chi connectivity index (χ1n) is 4.12. The molecule has 1 fully saturated rings. The molecule has 5 nitrogen and oxygen atoms in total. The third-order valence-corrected chi connectivity index (χ3v) is 2.10. The molecule has 0 aromatic heterocycles. The summed E-state index contributed by atoms with van der Waals surface area (Å²) in [5.74, 6) is -0.994. The van der Waals surface area contributed by atoms with Crippen LogP contribution >= 0.6 is 0 Å². The monoisotopic (exact) mass is 184 g/mol. The standard InChI is InChI=1S/C8H12N2O3/c1-4(7(9)12)10-8(13)5-2-6(11)3-5/h4-5H,2-3H2,1H3,(H2,9,12)(H,10,13)/t4-/m1/s1. The predicted molar refractivity (Wildman–Crippen MR) is 44.5 cm³/mol. The molecule has 1 rings (SSSR count). The summed E-state index contributed by atoms with van der Waals surface area (Å²) in [5, 5.41) is 2.44. The molecule has 0 aromatic carbocycles. The molecule has 0 aliphatic heterocycles. The molecule has 1 aliphatic carbocycles. The highest BCUT2D eigenvalue weighted by molar-refractivity contribution is 5.97. The lowest BCUT2D eigenvalue weighted by Crippen LogP contribution is -2.47. The Labute approximate surface area is 75.7 Å². The zero-order valence-electron chi connectivity index (χ0n) is 7.37. The normalized spacial score (nSPS) is 19.0. The summed E-state index contributed by atoms with van der Waals surface area (Å²) in [6.07, 6.45) is 0.578. The van der Waals surface area contributed by atoms with Crippen LogP contribution in [0.25, 0.3) is 0 Å². The van der Waals surface area contributed by atoms with E-state index in [-0.39, 0.29) is 30.4 Å². The van der Waals surface area contributed by atoms with Crippen LogP contribution in [0.2, 0.25) is 0 Å². The van der Waals surface area contributed by atoms with E-state index in [1.54, 1.807) is 0 Å². The highest BCUT2D eigenvalue weighted by Gasteiger charge is 2.33. The van der Waals surface area contributed by atoms with Gasteiger partial charge >= 0.3 is 0 Å². The number of Topliss-reactive ketones (excluding diaryl/α,β-unsaturated/α-hetero) is 1. The number of primary amides is 1. The predicted octanol–water partition coefficient (Wildman–Crippen LogP) is -1.04. The van der Waals surface area contributed by atoms with Crippen molar-refractivity contribution in [2.75, 3.05) is 0 Å². The fourth-order valence-corrected chi connectivity index (χ4v) is 1.08. The molecule has 72 valence electrons. The van der Waals surface area contributed by atoms with Gasteiger partial charge in [0.05, 0.1) is 5.92 Å². The van der Waals surface area contributed by atoms with Crippen molar-refractivity contribution in [3.63, 3.8) is 0 Å². The van der Waals surface area contributed by atoms with Crippen molar-refractivity contribution in [3.05, 3.63) is 0 Å². The second-order valence-electron chi connectivity index (χ2n) is 3.28. The van der Waals surface area contributed by atoms with Crippen LogP contribution in [0.4, 0.5) is 0 Å². The quantitative estimate of drug-likeness (QED) is 0.586. The second kappa shape index (κ2) is 3.55. The van der Waals surface area contributed by atoms with Gasteiger partial charge in [-0.1, -0.05) is 0 Å². The minimum absolute atomic E-state index is 0.0897. The minimum atomic E-state index is -0.664. The van der Waals surface area contributed by atoms with Crippen molar-refractivity contribution < 1.29 is 14.4 Å². The molecule has 1 saturated carbocycles. The van der Waals surface area contributed by atoms with Gasteiger partial charge in [0.2, 0.25) is 11.8 Å². The van der Waals surface area contributed by atoms with Crippen molar-refractivity contribution in [3.8, 4) is 0 Å². The van der Waals surface area contributed by atoms with Gasteiger partial charge in [-0.2, -0.15) is 0 Å². The molecular weight excluding hydrogens is 172 g/mol. The smallest absolute Gasteiger partial charge is 0.239 e. The third kappa shape index (κ3) is 2.27. The summed E-state index contributed by atoms with van der Waals surface area (Å²) in [6.45, 7) is 1.51. The summed E-state index contributed by atoms with van der Waals surface area (Å²) in [6, 6.07) is -0.664. The van der Waals surface area contributed by atoms with E-state index in [1.807, 2.05) is 0 Å². The number of amides is 2. The molecule has 3 N–H and O–H groups in total. The van der Waals surface area contributed by atoms with E-state index in [9.17, 15) is 14.4 Å². The van der Waals surface area contributed by atoms with Gasteiger partial charge in [-0.05, 0) is 6.92 Å². The molecule has 0 unspecified atom stereocenters. The molecule has 0 aromatic rings. The largest absolute Gasteiger partial charge is 0.368 e. The molecule has 0 saturated heterocycles. The van der Waals surface area contributed by atoms with Crippen molar-refractivity contribution in [1.29, 1.82) is 0 Å². The van der Waals surface area contributed by atoms with Crippen LogP contribution in [-0.2, 0) is 14.4 Å². The number of hydrogen-bond acceptors (Lipinski definition) is 3. The molecule has 5 heteroatoms. The molecule has 0 radical (unpaired) electrons. The Hall–Kier alpha value is -1.39. The van der Waals surface area contributed by atoms with Gasteiger partial charge in [0, 0.05) is 12.8 Å². The maximum absolute atomic E-state index is 11.2. The molecule has 0 heterocycles. The van der Waals surface area contributed by atoms with Gasteiger partial charge in [0.15, 0.2) is 0 Å². The van der Waals surface area contributed by atoms with Crippen LogP contribution in [0.15, 0.2) is 0 Å². The Morgan fingerprint density at radius 1 is 1.54 bits per heavy atom. The van der Waals surface area contributed by atoms with Crippen LogP contribution in [0.3, 0.4) is 0 Å². The number of carbonyl (C=O) groups is 3. The zero-order chi connectivity index (χ0) is 10.0. The third-order valence-electron chi connectivity index (χ3n) is 2.10. The van der Waals surface area contributed by atoms with Gasteiger partial charge < -0.3 is 11.1 Å². The first kappa shape index (κ1) is 9.70. The van der Waals surface area contributed by atoms with Gasteiger partial charge in [-0.3, -0.25) is 14.4 Å². The van der Waals surface area contributed by atoms with Crippen LogP contribution in [0, 0.1) is 5.92 Å². The summed E-state index contributed by atoms with van der Waals surface area (Å²) < 4.78 is 0. The zero-order valence-corrected chi connectivity index (χ0v) is 7.37. The average Bonchev–Trinajstić information content (AvgIpc) is 1.98. The summed E-state index contributed by atoms with van der Waals surface area (Å²) in [5.41, 5.74) is 4.95. The van der Waals surface area contributed by atoms with Crippen molar-refractivity contribution >= 4 is 17.6 Å². The topological polar surface area (TPSA) is 89.3 Å². The average molecular weight is 184 g/mol. The van der Waals surface area contributed by atoms with Gasteiger partial charge in [-0.15, -0.1) is 0 Å². The van der Waals surface area contributed by atoms with E-state index >= 15 is 0 Å². The highest BCUT2D eigenvalue weighted by atomic mass is 16.2. The van der Waals surface area contributed by atoms with Crippen LogP contribution in [-0.4, -0.2) is 23.6 Å². The number of ketones is 1. The van der Waals surface area contributed by atoms with Crippen LogP contribution in [0.5, 0.6) is 0 Å². The van der Waals surface area contributed by atoms with Gasteiger partial charge in [0.25, 0.3) is 0 Å². The Balaban J connectivity index is 2.33. The van der Waals surface area contributed by atoms with E-state index in [2.05, 4.69) is 5.32 Å². The van der Waals surface area contributed by atoms with E-state index in [4.69, 9.17) is 5.73 Å². The number of nitrogens with one attached hydrogen (secondary N) is 1. The van der Waals surface area contributed by atoms with Crippen molar-refractivity contribution in [2.24, 2.45) is 11.7 Å². The Morgan fingerprint density at radius 3 is 2.46 bits per heavy atom. The molecular formula is C8H12N2O3. The maximum Gasteiger partial charge on any atom is 0.239 e. The first-order chi connectivity index (χ1) is 6.00. The van der Waals surface area contributed by atoms with E-state index in [0.717, 1.165) is 0 Å². The summed E-state index contributed by atoms with van der Waals surface area (Å²) in [4.78, 5) is 32.3.